The van der Waals surface area contributed by atoms with Crippen LogP contribution >= 0.6 is 0 Å². The second-order valence-electron chi connectivity index (χ2n) is 6.04. The molecule has 2 N–H and O–H groups in total. The number of carboxylic acids is 1. The molecule has 0 bridgehead atoms. The Hall–Kier alpha value is -1.84. The summed E-state index contributed by atoms with van der Waals surface area (Å²) in [7, 11) is 0. The topological polar surface area (TPSA) is 66.4 Å². The Morgan fingerprint density at radius 2 is 1.81 bits per heavy atom. The summed E-state index contributed by atoms with van der Waals surface area (Å²) in [5.41, 5.74) is 0.483. The second-order valence-corrected chi connectivity index (χ2v) is 6.04. The zero-order valence-corrected chi connectivity index (χ0v) is 13.3. The maximum absolute atomic E-state index is 12.0. The van der Waals surface area contributed by atoms with Crippen LogP contribution in [-0.4, -0.2) is 17.0 Å². The molecule has 116 valence electrons. The third kappa shape index (κ3) is 4.59. The molecule has 1 amide bonds. The van der Waals surface area contributed by atoms with E-state index in [1.807, 2.05) is 6.92 Å². The fourth-order valence-corrected chi connectivity index (χ4v) is 2.00. The first-order chi connectivity index (χ1) is 9.78. The molecule has 1 unspecified atom stereocenters. The van der Waals surface area contributed by atoms with Gasteiger partial charge in [0.05, 0.1) is 5.41 Å². The predicted octanol–water partition coefficient (Wildman–Crippen LogP) is 3.81. The minimum absolute atomic E-state index is 0.00805. The molecule has 1 aromatic carbocycles. The molecular formula is C17H25NO3. The first-order valence-corrected chi connectivity index (χ1v) is 7.43. The standard InChI is InChI=1S/C17H25NO3/c1-5-6-7-12(2)15(19)18-14-10-8-13(9-11-14)17(3,4)16(20)21/h8-12H,5-7H2,1-4H3,(H,18,19)(H,20,21). The fourth-order valence-electron chi connectivity index (χ4n) is 2.00. The highest BCUT2D eigenvalue weighted by molar-refractivity contribution is 5.92. The SMILES string of the molecule is CCCCC(C)C(=O)Nc1ccc(C(C)(C)C(=O)O)cc1. The lowest BCUT2D eigenvalue weighted by Gasteiger charge is -2.20. The van der Waals surface area contributed by atoms with Crippen molar-refractivity contribution in [2.24, 2.45) is 5.92 Å². The molecule has 0 fully saturated rings. The maximum atomic E-state index is 12.0. The number of hydrogen-bond acceptors (Lipinski definition) is 2. The first-order valence-electron chi connectivity index (χ1n) is 7.43. The summed E-state index contributed by atoms with van der Waals surface area (Å²) in [6, 6.07) is 7.01. The van der Waals surface area contributed by atoms with Gasteiger partial charge in [0.25, 0.3) is 0 Å². The Balaban J connectivity index is 2.71. The van der Waals surface area contributed by atoms with Gasteiger partial charge >= 0.3 is 5.97 Å². The van der Waals surface area contributed by atoms with Gasteiger partial charge in [0.1, 0.15) is 0 Å². The van der Waals surface area contributed by atoms with Gasteiger partial charge in [-0.2, -0.15) is 0 Å². The van der Waals surface area contributed by atoms with Crippen molar-refractivity contribution in [3.8, 4) is 0 Å². The Kier molecular flexibility index (Phi) is 5.94. The van der Waals surface area contributed by atoms with E-state index in [0.717, 1.165) is 19.3 Å². The zero-order valence-electron chi connectivity index (χ0n) is 13.3. The van der Waals surface area contributed by atoms with Crippen LogP contribution in [0, 0.1) is 5.92 Å². The third-order valence-electron chi connectivity index (χ3n) is 3.85. The van der Waals surface area contributed by atoms with Gasteiger partial charge in [-0.25, -0.2) is 0 Å². The number of rotatable bonds is 7. The molecule has 21 heavy (non-hydrogen) atoms. The largest absolute Gasteiger partial charge is 0.481 e. The van der Waals surface area contributed by atoms with E-state index >= 15 is 0 Å². The van der Waals surface area contributed by atoms with Crippen LogP contribution in [0.1, 0.15) is 52.5 Å². The van der Waals surface area contributed by atoms with E-state index in [-0.39, 0.29) is 11.8 Å². The van der Waals surface area contributed by atoms with Crippen LogP contribution < -0.4 is 5.32 Å². The van der Waals surface area contributed by atoms with E-state index in [2.05, 4.69) is 12.2 Å². The zero-order chi connectivity index (χ0) is 16.0. The molecule has 0 saturated heterocycles. The summed E-state index contributed by atoms with van der Waals surface area (Å²) < 4.78 is 0. The molecule has 4 nitrogen and oxygen atoms in total. The average Bonchev–Trinajstić information content (AvgIpc) is 2.45. The van der Waals surface area contributed by atoms with Crippen molar-refractivity contribution in [1.29, 1.82) is 0 Å². The Labute approximate surface area is 126 Å². The maximum Gasteiger partial charge on any atom is 0.313 e. The minimum Gasteiger partial charge on any atom is -0.481 e. The van der Waals surface area contributed by atoms with Crippen molar-refractivity contribution in [1.82, 2.24) is 0 Å². The Morgan fingerprint density at radius 3 is 2.29 bits per heavy atom. The summed E-state index contributed by atoms with van der Waals surface area (Å²) in [5.74, 6) is -0.874. The molecule has 1 rings (SSSR count). The number of anilines is 1. The number of hydrogen-bond donors (Lipinski definition) is 2. The van der Waals surface area contributed by atoms with Crippen LogP contribution in [0.5, 0.6) is 0 Å². The van der Waals surface area contributed by atoms with Gasteiger partial charge < -0.3 is 10.4 Å². The Bertz CT molecular complexity index is 491. The number of nitrogens with one attached hydrogen (secondary N) is 1. The van der Waals surface area contributed by atoms with Crippen molar-refractivity contribution in [3.05, 3.63) is 29.8 Å². The molecule has 0 heterocycles. The smallest absolute Gasteiger partial charge is 0.313 e. The lowest BCUT2D eigenvalue weighted by Crippen LogP contribution is -2.28. The van der Waals surface area contributed by atoms with Gasteiger partial charge in [-0.1, -0.05) is 38.8 Å². The van der Waals surface area contributed by atoms with Gasteiger partial charge in [0, 0.05) is 11.6 Å². The predicted molar refractivity (Wildman–Crippen MR) is 84.4 cm³/mol. The summed E-state index contributed by atoms with van der Waals surface area (Å²) in [5, 5.41) is 12.1. The van der Waals surface area contributed by atoms with Crippen molar-refractivity contribution < 1.29 is 14.7 Å². The van der Waals surface area contributed by atoms with Gasteiger partial charge in [0.2, 0.25) is 5.91 Å². The molecule has 0 aliphatic carbocycles. The number of carbonyl (C=O) groups excluding carboxylic acids is 1. The number of carbonyl (C=O) groups is 2. The van der Waals surface area contributed by atoms with E-state index in [4.69, 9.17) is 0 Å². The van der Waals surface area contributed by atoms with E-state index in [0.29, 0.717) is 11.3 Å². The van der Waals surface area contributed by atoms with Crippen LogP contribution in [0.4, 0.5) is 5.69 Å². The lowest BCUT2D eigenvalue weighted by molar-refractivity contribution is -0.142. The van der Waals surface area contributed by atoms with Crippen molar-refractivity contribution in [3.63, 3.8) is 0 Å². The van der Waals surface area contributed by atoms with E-state index in [1.54, 1.807) is 38.1 Å². The van der Waals surface area contributed by atoms with E-state index in [9.17, 15) is 14.7 Å². The minimum atomic E-state index is -0.934. The molecular weight excluding hydrogens is 266 g/mol. The van der Waals surface area contributed by atoms with Gasteiger partial charge in [-0.3, -0.25) is 9.59 Å². The van der Waals surface area contributed by atoms with Gasteiger partial charge in [0.15, 0.2) is 0 Å². The summed E-state index contributed by atoms with van der Waals surface area (Å²) in [6.07, 6.45) is 3.00. The monoisotopic (exact) mass is 291 g/mol. The van der Waals surface area contributed by atoms with Crippen LogP contribution in [0.15, 0.2) is 24.3 Å². The summed E-state index contributed by atoms with van der Waals surface area (Å²) >= 11 is 0. The van der Waals surface area contributed by atoms with Crippen LogP contribution in [0.25, 0.3) is 0 Å². The second kappa shape index (κ2) is 7.25. The molecule has 1 aromatic rings. The third-order valence-corrected chi connectivity index (χ3v) is 3.85. The van der Waals surface area contributed by atoms with Crippen molar-refractivity contribution in [2.75, 3.05) is 5.32 Å². The highest BCUT2D eigenvalue weighted by atomic mass is 16.4. The Morgan fingerprint density at radius 1 is 1.24 bits per heavy atom. The molecule has 0 saturated carbocycles. The molecule has 0 aliphatic rings. The quantitative estimate of drug-likeness (QED) is 0.802. The number of unbranched alkanes of at least 4 members (excludes halogenated alkanes) is 1. The highest BCUT2D eigenvalue weighted by Crippen LogP contribution is 2.25. The molecule has 1 atom stereocenters. The first kappa shape index (κ1) is 17.2. The molecule has 0 aromatic heterocycles. The molecule has 0 spiro atoms. The summed E-state index contributed by atoms with van der Waals surface area (Å²) in [4.78, 5) is 23.2. The number of benzene rings is 1. The molecule has 4 heteroatoms. The summed E-state index contributed by atoms with van der Waals surface area (Å²) in [6.45, 7) is 7.35. The number of amides is 1. The highest BCUT2D eigenvalue weighted by Gasteiger charge is 2.29. The average molecular weight is 291 g/mol. The van der Waals surface area contributed by atoms with Crippen LogP contribution in [-0.2, 0) is 15.0 Å². The van der Waals surface area contributed by atoms with Crippen LogP contribution in [0.3, 0.4) is 0 Å². The van der Waals surface area contributed by atoms with Crippen LogP contribution in [0.2, 0.25) is 0 Å². The molecule has 0 aliphatic heterocycles. The lowest BCUT2D eigenvalue weighted by atomic mass is 9.85. The normalized spacial score (nSPS) is 12.8. The number of carboxylic acid groups (broad SMARTS) is 1. The van der Waals surface area contributed by atoms with E-state index in [1.165, 1.54) is 0 Å². The van der Waals surface area contributed by atoms with Crippen molar-refractivity contribution in [2.45, 2.75) is 52.4 Å². The number of aliphatic carboxylic acids is 1. The van der Waals surface area contributed by atoms with E-state index < -0.39 is 11.4 Å². The fraction of sp³-hybridized carbons (Fsp3) is 0.529. The van der Waals surface area contributed by atoms with Gasteiger partial charge in [-0.15, -0.1) is 0 Å². The molecule has 0 radical (unpaired) electrons. The van der Waals surface area contributed by atoms with Gasteiger partial charge in [-0.05, 0) is 38.0 Å². The van der Waals surface area contributed by atoms with Crippen molar-refractivity contribution >= 4 is 17.6 Å².